The van der Waals surface area contributed by atoms with Crippen molar-refractivity contribution >= 4 is 11.7 Å². The van der Waals surface area contributed by atoms with Crippen molar-refractivity contribution in [3.8, 4) is 22.5 Å². The van der Waals surface area contributed by atoms with Gasteiger partial charge in [0.2, 0.25) is 0 Å². The van der Waals surface area contributed by atoms with Crippen LogP contribution in [0.2, 0.25) is 0 Å². The Bertz CT molecular complexity index is 1440. The predicted octanol–water partition coefficient (Wildman–Crippen LogP) is 6.89. The number of carbonyl (C=O) groups is 1. The summed E-state index contributed by atoms with van der Waals surface area (Å²) in [6.07, 6.45) is 0.699. The third-order valence-corrected chi connectivity index (χ3v) is 6.35. The number of carboxylic acids is 1. The average Bonchev–Trinajstić information content (AvgIpc) is 3.37. The SMILES string of the molecule is O=C(O)CCc1ccc(NCc2ccc(Cn3nc(-c4ccccc4)cc3-c3ccccc3)cc2)cc1. The van der Waals surface area contributed by atoms with E-state index in [0.29, 0.717) is 19.5 Å². The largest absolute Gasteiger partial charge is 0.481 e. The summed E-state index contributed by atoms with van der Waals surface area (Å²) in [6.45, 7) is 1.40. The minimum Gasteiger partial charge on any atom is -0.481 e. The van der Waals surface area contributed by atoms with Crippen LogP contribution in [0.3, 0.4) is 0 Å². The van der Waals surface area contributed by atoms with Crippen molar-refractivity contribution in [2.45, 2.75) is 25.9 Å². The van der Waals surface area contributed by atoms with E-state index in [9.17, 15) is 4.79 Å². The van der Waals surface area contributed by atoms with Crippen LogP contribution in [0.5, 0.6) is 0 Å². The maximum absolute atomic E-state index is 10.7. The van der Waals surface area contributed by atoms with Gasteiger partial charge in [-0.3, -0.25) is 9.48 Å². The Morgan fingerprint density at radius 1 is 0.730 bits per heavy atom. The molecule has 1 aromatic heterocycles. The number of aryl methyl sites for hydroxylation is 1. The Balaban J connectivity index is 1.27. The topological polar surface area (TPSA) is 67.2 Å². The third-order valence-electron chi connectivity index (χ3n) is 6.35. The zero-order chi connectivity index (χ0) is 25.5. The lowest BCUT2D eigenvalue weighted by molar-refractivity contribution is -0.136. The molecule has 0 unspecified atom stereocenters. The summed E-state index contributed by atoms with van der Waals surface area (Å²) in [5.41, 5.74) is 8.73. The van der Waals surface area contributed by atoms with Gasteiger partial charge in [0.25, 0.3) is 0 Å². The minimum atomic E-state index is -0.772. The summed E-state index contributed by atoms with van der Waals surface area (Å²) in [5.74, 6) is -0.772. The maximum Gasteiger partial charge on any atom is 0.303 e. The molecule has 1 heterocycles. The summed E-state index contributed by atoms with van der Waals surface area (Å²) in [6, 6.07) is 39.4. The van der Waals surface area contributed by atoms with Crippen molar-refractivity contribution in [1.29, 1.82) is 0 Å². The molecule has 0 aliphatic carbocycles. The smallest absolute Gasteiger partial charge is 0.303 e. The highest BCUT2D eigenvalue weighted by Gasteiger charge is 2.12. The number of aliphatic carboxylic acids is 1. The van der Waals surface area contributed by atoms with E-state index < -0.39 is 5.97 Å². The monoisotopic (exact) mass is 487 g/mol. The molecule has 0 spiro atoms. The van der Waals surface area contributed by atoms with Gasteiger partial charge in [-0.15, -0.1) is 0 Å². The second-order valence-corrected chi connectivity index (χ2v) is 9.07. The van der Waals surface area contributed by atoms with Crippen molar-refractivity contribution in [3.63, 3.8) is 0 Å². The third kappa shape index (κ3) is 6.33. The summed E-state index contributed by atoms with van der Waals surface area (Å²) >= 11 is 0. The fraction of sp³-hybridized carbons (Fsp3) is 0.125. The first-order chi connectivity index (χ1) is 18.1. The Kier molecular flexibility index (Phi) is 7.42. The average molecular weight is 488 g/mol. The van der Waals surface area contributed by atoms with E-state index in [1.807, 2.05) is 48.5 Å². The van der Waals surface area contributed by atoms with E-state index in [1.54, 1.807) is 0 Å². The van der Waals surface area contributed by atoms with Crippen molar-refractivity contribution in [2.75, 3.05) is 5.32 Å². The first-order valence-electron chi connectivity index (χ1n) is 12.5. The molecular formula is C32H29N3O2. The molecule has 0 aliphatic heterocycles. The first-order valence-corrected chi connectivity index (χ1v) is 12.5. The van der Waals surface area contributed by atoms with Crippen LogP contribution in [0, 0.1) is 0 Å². The van der Waals surface area contributed by atoms with Gasteiger partial charge in [0.15, 0.2) is 0 Å². The van der Waals surface area contributed by atoms with Crippen LogP contribution in [-0.4, -0.2) is 20.9 Å². The predicted molar refractivity (Wildman–Crippen MR) is 148 cm³/mol. The Morgan fingerprint density at radius 2 is 1.32 bits per heavy atom. The number of hydrogen-bond donors (Lipinski definition) is 2. The lowest BCUT2D eigenvalue weighted by atomic mass is 10.1. The lowest BCUT2D eigenvalue weighted by Crippen LogP contribution is -2.05. The highest BCUT2D eigenvalue weighted by atomic mass is 16.4. The number of hydrogen-bond acceptors (Lipinski definition) is 3. The fourth-order valence-electron chi connectivity index (χ4n) is 4.31. The number of carboxylic acid groups (broad SMARTS) is 1. The number of benzene rings is 4. The van der Waals surface area contributed by atoms with Gasteiger partial charge < -0.3 is 10.4 Å². The Morgan fingerprint density at radius 3 is 1.97 bits per heavy atom. The minimum absolute atomic E-state index is 0.151. The van der Waals surface area contributed by atoms with Crippen LogP contribution in [0.15, 0.2) is 115 Å². The van der Waals surface area contributed by atoms with E-state index in [2.05, 4.69) is 76.7 Å². The van der Waals surface area contributed by atoms with E-state index in [0.717, 1.165) is 33.8 Å². The highest BCUT2D eigenvalue weighted by molar-refractivity contribution is 5.69. The molecule has 0 bridgehead atoms. The molecule has 0 saturated heterocycles. The lowest BCUT2D eigenvalue weighted by Gasteiger charge is -2.10. The van der Waals surface area contributed by atoms with Gasteiger partial charge in [-0.1, -0.05) is 97.1 Å². The second-order valence-electron chi connectivity index (χ2n) is 9.07. The van der Waals surface area contributed by atoms with Gasteiger partial charge in [-0.2, -0.15) is 5.10 Å². The summed E-state index contributed by atoms with van der Waals surface area (Å²) in [7, 11) is 0. The van der Waals surface area contributed by atoms with Crippen LogP contribution < -0.4 is 5.32 Å². The first kappa shape index (κ1) is 24.1. The number of nitrogens with zero attached hydrogens (tertiary/aromatic N) is 2. The molecule has 0 atom stereocenters. The maximum atomic E-state index is 10.7. The van der Waals surface area contributed by atoms with Gasteiger partial charge in [0.1, 0.15) is 0 Å². The van der Waals surface area contributed by atoms with Crippen LogP contribution in [0.25, 0.3) is 22.5 Å². The molecule has 5 heteroatoms. The van der Waals surface area contributed by atoms with Crippen molar-refractivity contribution < 1.29 is 9.90 Å². The van der Waals surface area contributed by atoms with Crippen molar-refractivity contribution in [2.24, 2.45) is 0 Å². The molecule has 37 heavy (non-hydrogen) atoms. The zero-order valence-corrected chi connectivity index (χ0v) is 20.5. The van der Waals surface area contributed by atoms with E-state index >= 15 is 0 Å². The molecule has 0 aliphatic rings. The number of rotatable bonds is 10. The molecule has 4 aromatic carbocycles. The summed E-state index contributed by atoms with van der Waals surface area (Å²) in [5, 5.41) is 17.2. The molecule has 0 saturated carbocycles. The van der Waals surface area contributed by atoms with Crippen molar-refractivity contribution in [1.82, 2.24) is 9.78 Å². The van der Waals surface area contributed by atoms with E-state index in [-0.39, 0.29) is 6.42 Å². The van der Waals surface area contributed by atoms with Crippen molar-refractivity contribution in [3.05, 3.63) is 132 Å². The van der Waals surface area contributed by atoms with Gasteiger partial charge >= 0.3 is 5.97 Å². The van der Waals surface area contributed by atoms with Gasteiger partial charge in [0, 0.05) is 24.2 Å². The van der Waals surface area contributed by atoms with E-state index in [1.165, 1.54) is 11.1 Å². The van der Waals surface area contributed by atoms with E-state index in [4.69, 9.17) is 10.2 Å². The van der Waals surface area contributed by atoms with Gasteiger partial charge in [-0.05, 0) is 46.9 Å². The van der Waals surface area contributed by atoms with Crippen LogP contribution in [-0.2, 0) is 24.3 Å². The molecule has 5 aromatic rings. The molecule has 0 radical (unpaired) electrons. The Labute approximate surface area is 217 Å². The quantitative estimate of drug-likeness (QED) is 0.225. The molecule has 0 fully saturated rings. The van der Waals surface area contributed by atoms with Crippen LogP contribution >= 0.6 is 0 Å². The summed E-state index contributed by atoms with van der Waals surface area (Å²) < 4.78 is 2.08. The van der Waals surface area contributed by atoms with Crippen LogP contribution in [0.4, 0.5) is 5.69 Å². The summed E-state index contributed by atoms with van der Waals surface area (Å²) in [4.78, 5) is 10.7. The number of nitrogens with one attached hydrogen (secondary N) is 1. The highest BCUT2D eigenvalue weighted by Crippen LogP contribution is 2.27. The standard InChI is InChI=1S/C32H29N3O2/c36-32(37)20-17-24-15-18-29(19-16-24)33-22-25-11-13-26(14-12-25)23-35-31(28-9-5-2-6-10-28)21-30(34-35)27-7-3-1-4-8-27/h1-16,18-19,21,33H,17,20,22-23H2,(H,36,37). The molecule has 5 nitrogen and oxygen atoms in total. The second kappa shape index (κ2) is 11.4. The van der Waals surface area contributed by atoms with Gasteiger partial charge in [-0.25, -0.2) is 0 Å². The molecular weight excluding hydrogens is 458 g/mol. The fourth-order valence-corrected chi connectivity index (χ4v) is 4.31. The Hall–Kier alpha value is -4.64. The van der Waals surface area contributed by atoms with Gasteiger partial charge in [0.05, 0.1) is 17.9 Å². The normalized spacial score (nSPS) is 10.8. The molecule has 0 amide bonds. The molecule has 184 valence electrons. The number of anilines is 1. The van der Waals surface area contributed by atoms with Crippen LogP contribution in [0.1, 0.15) is 23.1 Å². The number of aromatic nitrogens is 2. The molecule has 5 rings (SSSR count). The molecule has 2 N–H and O–H groups in total. The zero-order valence-electron chi connectivity index (χ0n) is 20.5.